The molecule has 1 saturated heterocycles. The lowest BCUT2D eigenvalue weighted by Crippen LogP contribution is -2.41. The first-order valence-corrected chi connectivity index (χ1v) is 8.08. The minimum atomic E-state index is 0.794. The summed E-state index contributed by atoms with van der Waals surface area (Å²) >= 11 is 0. The third kappa shape index (κ3) is 2.78. The van der Waals surface area contributed by atoms with Crippen LogP contribution in [-0.4, -0.2) is 36.1 Å². The lowest BCUT2D eigenvalue weighted by Gasteiger charge is -2.39. The number of hydrogen-bond acceptors (Lipinski definition) is 4. The molecule has 0 spiro atoms. The van der Waals surface area contributed by atoms with E-state index in [2.05, 4.69) is 52.4 Å². The Labute approximate surface area is 136 Å². The molecule has 0 radical (unpaired) electrons. The van der Waals surface area contributed by atoms with Gasteiger partial charge in [-0.1, -0.05) is 24.3 Å². The van der Waals surface area contributed by atoms with Gasteiger partial charge in [-0.25, -0.2) is 0 Å². The van der Waals surface area contributed by atoms with Gasteiger partial charge in [0.1, 0.15) is 5.82 Å². The van der Waals surface area contributed by atoms with Crippen LogP contribution in [0, 0.1) is 0 Å². The van der Waals surface area contributed by atoms with Crippen LogP contribution in [-0.2, 0) is 4.74 Å². The Balaban J connectivity index is 1.64. The molecule has 0 saturated carbocycles. The zero-order valence-electron chi connectivity index (χ0n) is 13.1. The number of fused-ring (bicyclic) bond motifs is 1. The zero-order valence-corrected chi connectivity index (χ0v) is 13.1. The summed E-state index contributed by atoms with van der Waals surface area (Å²) in [6, 6.07) is 8.12. The quantitative estimate of drug-likeness (QED) is 0.853. The number of nitrogen functional groups attached to an aromatic ring is 1. The van der Waals surface area contributed by atoms with Gasteiger partial charge in [-0.3, -0.25) is 0 Å². The molecule has 0 aromatic heterocycles. The molecule has 0 bridgehead atoms. The molecule has 0 atom stereocenters. The van der Waals surface area contributed by atoms with E-state index in [-0.39, 0.29) is 0 Å². The van der Waals surface area contributed by atoms with E-state index in [4.69, 9.17) is 10.5 Å². The average molecular weight is 307 g/mol. The smallest absolute Gasteiger partial charge is 0.113 e. The standard InChI is InChI=1S/C19H21N3O/c20-17-7-4-15(5-8-17)16-6-9-18-2-1-3-19(22(18)14-16)21-10-12-23-13-11-21/h1-5,7-9,14H,6,10-13,20H2. The Morgan fingerprint density at radius 3 is 2.61 bits per heavy atom. The van der Waals surface area contributed by atoms with Crippen LogP contribution >= 0.6 is 0 Å². The Morgan fingerprint density at radius 2 is 1.83 bits per heavy atom. The highest BCUT2D eigenvalue weighted by atomic mass is 16.5. The molecule has 4 heteroatoms. The first-order valence-electron chi connectivity index (χ1n) is 8.08. The third-order valence-corrected chi connectivity index (χ3v) is 4.47. The molecular weight excluding hydrogens is 286 g/mol. The van der Waals surface area contributed by atoms with E-state index >= 15 is 0 Å². The lowest BCUT2D eigenvalue weighted by atomic mass is 9.99. The number of hydrogen-bond donors (Lipinski definition) is 1. The van der Waals surface area contributed by atoms with Crippen LogP contribution in [0.5, 0.6) is 0 Å². The molecule has 23 heavy (non-hydrogen) atoms. The summed E-state index contributed by atoms with van der Waals surface area (Å²) < 4.78 is 5.48. The van der Waals surface area contributed by atoms with Gasteiger partial charge in [0, 0.05) is 30.7 Å². The van der Waals surface area contributed by atoms with Gasteiger partial charge in [0.05, 0.1) is 13.2 Å². The van der Waals surface area contributed by atoms with E-state index in [0.29, 0.717) is 0 Å². The molecule has 0 amide bonds. The van der Waals surface area contributed by atoms with E-state index < -0.39 is 0 Å². The third-order valence-electron chi connectivity index (χ3n) is 4.47. The average Bonchev–Trinajstić information content (AvgIpc) is 2.62. The van der Waals surface area contributed by atoms with Crippen LogP contribution in [0.15, 0.2) is 66.3 Å². The Hall–Kier alpha value is -2.46. The fourth-order valence-electron chi connectivity index (χ4n) is 3.20. The minimum Gasteiger partial charge on any atom is -0.399 e. The van der Waals surface area contributed by atoms with Gasteiger partial charge < -0.3 is 20.3 Å². The van der Waals surface area contributed by atoms with Gasteiger partial charge in [0.25, 0.3) is 0 Å². The second kappa shape index (κ2) is 5.97. The fraction of sp³-hybridized carbons (Fsp3) is 0.263. The Kier molecular flexibility index (Phi) is 3.67. The van der Waals surface area contributed by atoms with E-state index in [1.165, 1.54) is 22.7 Å². The number of allylic oxidation sites excluding steroid dienone is 5. The van der Waals surface area contributed by atoms with Crippen LogP contribution < -0.4 is 5.73 Å². The van der Waals surface area contributed by atoms with Crippen molar-refractivity contribution in [1.29, 1.82) is 0 Å². The van der Waals surface area contributed by atoms with Crippen LogP contribution in [0.4, 0.5) is 5.69 Å². The molecule has 3 aliphatic rings. The van der Waals surface area contributed by atoms with Gasteiger partial charge in [-0.2, -0.15) is 0 Å². The maximum atomic E-state index is 5.80. The summed E-state index contributed by atoms with van der Waals surface area (Å²) in [5, 5.41) is 0. The topological polar surface area (TPSA) is 41.7 Å². The number of morpholine rings is 1. The first kappa shape index (κ1) is 14.2. The molecule has 4 nitrogen and oxygen atoms in total. The molecule has 3 aliphatic heterocycles. The SMILES string of the molecule is Nc1ccc(C2=CN3C(=CC2)C=CC=C3N2CCOCC2)cc1. The summed E-state index contributed by atoms with van der Waals surface area (Å²) in [5.74, 6) is 1.23. The first-order chi connectivity index (χ1) is 11.3. The number of rotatable bonds is 2. The van der Waals surface area contributed by atoms with Crippen molar-refractivity contribution in [3.8, 4) is 0 Å². The molecule has 1 aromatic rings. The molecule has 1 aromatic carbocycles. The Bertz CT molecular complexity index is 707. The Morgan fingerprint density at radius 1 is 1.04 bits per heavy atom. The van der Waals surface area contributed by atoms with Crippen LogP contribution in [0.25, 0.3) is 5.57 Å². The molecule has 0 aliphatic carbocycles. The number of ether oxygens (including phenoxy) is 1. The van der Waals surface area contributed by atoms with Crippen molar-refractivity contribution in [3.63, 3.8) is 0 Å². The lowest BCUT2D eigenvalue weighted by molar-refractivity contribution is 0.0443. The van der Waals surface area contributed by atoms with Crippen molar-refractivity contribution in [2.75, 3.05) is 32.0 Å². The highest BCUT2D eigenvalue weighted by Crippen LogP contribution is 2.33. The van der Waals surface area contributed by atoms with Crippen molar-refractivity contribution in [3.05, 3.63) is 71.9 Å². The van der Waals surface area contributed by atoms with Gasteiger partial charge in [-0.05, 0) is 41.8 Å². The summed E-state index contributed by atoms with van der Waals surface area (Å²) in [6.07, 6.45) is 12.0. The van der Waals surface area contributed by atoms with E-state index in [1.54, 1.807) is 0 Å². The predicted octanol–water partition coefficient (Wildman–Crippen LogP) is 2.94. The summed E-state index contributed by atoms with van der Waals surface area (Å²) in [4.78, 5) is 4.68. The number of nitrogens with two attached hydrogens (primary N) is 1. The van der Waals surface area contributed by atoms with Gasteiger partial charge in [0.15, 0.2) is 0 Å². The molecule has 118 valence electrons. The maximum Gasteiger partial charge on any atom is 0.113 e. The molecule has 0 unspecified atom stereocenters. The molecule has 3 heterocycles. The van der Waals surface area contributed by atoms with E-state index in [0.717, 1.165) is 38.4 Å². The highest BCUT2D eigenvalue weighted by Gasteiger charge is 2.24. The second-order valence-corrected chi connectivity index (χ2v) is 5.96. The number of nitrogens with zero attached hydrogens (tertiary/aromatic N) is 2. The summed E-state index contributed by atoms with van der Waals surface area (Å²) in [5.41, 5.74) is 10.4. The fourth-order valence-corrected chi connectivity index (χ4v) is 3.20. The highest BCUT2D eigenvalue weighted by molar-refractivity contribution is 5.70. The van der Waals surface area contributed by atoms with Gasteiger partial charge >= 0.3 is 0 Å². The molecular formula is C19H21N3O. The van der Waals surface area contributed by atoms with Crippen molar-refractivity contribution in [1.82, 2.24) is 9.80 Å². The molecule has 1 fully saturated rings. The van der Waals surface area contributed by atoms with Crippen LogP contribution in [0.1, 0.15) is 12.0 Å². The molecule has 4 rings (SSSR count). The van der Waals surface area contributed by atoms with E-state index in [9.17, 15) is 0 Å². The van der Waals surface area contributed by atoms with Gasteiger partial charge in [0.2, 0.25) is 0 Å². The minimum absolute atomic E-state index is 0.794. The number of benzene rings is 1. The van der Waals surface area contributed by atoms with Crippen molar-refractivity contribution in [2.24, 2.45) is 0 Å². The predicted molar refractivity (Wildman–Crippen MR) is 93.0 cm³/mol. The van der Waals surface area contributed by atoms with Crippen LogP contribution in [0.2, 0.25) is 0 Å². The summed E-state index contributed by atoms with van der Waals surface area (Å²) in [7, 11) is 0. The normalized spacial score (nSPS) is 20.6. The van der Waals surface area contributed by atoms with E-state index in [1.807, 2.05) is 12.1 Å². The zero-order chi connectivity index (χ0) is 15.6. The number of anilines is 1. The second-order valence-electron chi connectivity index (χ2n) is 5.96. The summed E-state index contributed by atoms with van der Waals surface area (Å²) in [6.45, 7) is 3.47. The van der Waals surface area contributed by atoms with Gasteiger partial charge in [-0.15, -0.1) is 0 Å². The monoisotopic (exact) mass is 307 g/mol. The van der Waals surface area contributed by atoms with Crippen molar-refractivity contribution >= 4 is 11.3 Å². The largest absolute Gasteiger partial charge is 0.399 e. The van der Waals surface area contributed by atoms with Crippen molar-refractivity contribution < 1.29 is 4.74 Å². The van der Waals surface area contributed by atoms with Crippen LogP contribution in [0.3, 0.4) is 0 Å². The molecule has 2 N–H and O–H groups in total. The maximum absolute atomic E-state index is 5.80. The van der Waals surface area contributed by atoms with Crippen molar-refractivity contribution in [2.45, 2.75) is 6.42 Å².